The molecule has 1 atom stereocenters. The van der Waals surface area contributed by atoms with Gasteiger partial charge in [0.05, 0.1) is 6.42 Å². The summed E-state index contributed by atoms with van der Waals surface area (Å²) in [6.07, 6.45) is -1.28. The maximum absolute atomic E-state index is 12.3. The van der Waals surface area contributed by atoms with E-state index >= 15 is 0 Å². The van der Waals surface area contributed by atoms with Crippen molar-refractivity contribution in [3.63, 3.8) is 0 Å². The molecule has 0 fully saturated rings. The number of fused-ring (bicyclic) bond motifs is 1. The van der Waals surface area contributed by atoms with E-state index in [1.807, 2.05) is 31.2 Å². The van der Waals surface area contributed by atoms with Crippen LogP contribution in [-0.4, -0.2) is 22.0 Å². The fourth-order valence-corrected chi connectivity index (χ4v) is 2.77. The molecule has 0 radical (unpaired) electrons. The Labute approximate surface area is 138 Å². The van der Waals surface area contributed by atoms with E-state index in [-0.39, 0.29) is 6.42 Å². The average Bonchev–Trinajstić information content (AvgIpc) is 2.89. The van der Waals surface area contributed by atoms with E-state index in [1.165, 1.54) is 0 Å². The molecule has 5 heteroatoms. The molecule has 122 valence electrons. The van der Waals surface area contributed by atoms with E-state index in [4.69, 9.17) is 4.74 Å². The molecule has 0 amide bonds. The fraction of sp³-hybridized carbons (Fsp3) is 0.158. The number of aliphatic carboxylic acids is 1. The predicted octanol–water partition coefficient (Wildman–Crippen LogP) is 3.39. The highest BCUT2D eigenvalue weighted by molar-refractivity contribution is 5.89. The normalized spacial score (nSPS) is 12.0. The number of carbonyl (C=O) groups excluding carboxylic acids is 1. The van der Waals surface area contributed by atoms with Crippen molar-refractivity contribution in [3.05, 3.63) is 71.4 Å². The largest absolute Gasteiger partial charge is 0.478 e. The Bertz CT molecular complexity index is 883. The van der Waals surface area contributed by atoms with Crippen molar-refractivity contribution >= 4 is 22.8 Å². The third-order valence-corrected chi connectivity index (χ3v) is 3.92. The van der Waals surface area contributed by atoms with Crippen LogP contribution in [0.2, 0.25) is 0 Å². The summed E-state index contributed by atoms with van der Waals surface area (Å²) in [5.41, 5.74) is 3.08. The number of esters is 1. The summed E-state index contributed by atoms with van der Waals surface area (Å²) in [7, 11) is 0. The second-order valence-electron chi connectivity index (χ2n) is 5.57. The van der Waals surface area contributed by atoms with Gasteiger partial charge in [-0.05, 0) is 18.6 Å². The third kappa shape index (κ3) is 3.15. The molecule has 0 bridgehead atoms. The van der Waals surface area contributed by atoms with Gasteiger partial charge in [-0.1, -0.05) is 48.5 Å². The highest BCUT2D eigenvalue weighted by Crippen LogP contribution is 2.24. The highest BCUT2D eigenvalue weighted by Gasteiger charge is 2.25. The zero-order chi connectivity index (χ0) is 17.1. The van der Waals surface area contributed by atoms with Crippen molar-refractivity contribution in [3.8, 4) is 0 Å². The molecule has 0 aliphatic carbocycles. The van der Waals surface area contributed by atoms with Crippen molar-refractivity contribution in [2.45, 2.75) is 19.4 Å². The minimum absolute atomic E-state index is 0.0203. The van der Waals surface area contributed by atoms with E-state index in [2.05, 4.69) is 4.98 Å². The molecule has 1 heterocycles. The number of para-hydroxylation sites is 1. The molecule has 2 N–H and O–H groups in total. The molecule has 5 nitrogen and oxygen atoms in total. The lowest BCUT2D eigenvalue weighted by molar-refractivity contribution is -0.164. The number of aromatic nitrogens is 1. The molecule has 24 heavy (non-hydrogen) atoms. The number of ether oxygens (including phenoxy) is 1. The summed E-state index contributed by atoms with van der Waals surface area (Å²) in [6, 6.07) is 16.1. The van der Waals surface area contributed by atoms with Crippen LogP contribution in [0, 0.1) is 6.92 Å². The number of carbonyl (C=O) groups is 2. The van der Waals surface area contributed by atoms with E-state index in [1.54, 1.807) is 30.3 Å². The van der Waals surface area contributed by atoms with Gasteiger partial charge >= 0.3 is 11.9 Å². The zero-order valence-corrected chi connectivity index (χ0v) is 13.2. The second kappa shape index (κ2) is 6.58. The molecule has 1 unspecified atom stereocenters. The molecule has 3 aromatic rings. The minimum Gasteiger partial charge on any atom is -0.478 e. The molecule has 0 aliphatic rings. The van der Waals surface area contributed by atoms with E-state index < -0.39 is 18.0 Å². The van der Waals surface area contributed by atoms with Gasteiger partial charge in [-0.2, -0.15) is 0 Å². The monoisotopic (exact) mass is 323 g/mol. The highest BCUT2D eigenvalue weighted by atomic mass is 16.6. The van der Waals surface area contributed by atoms with Crippen molar-refractivity contribution in [2.75, 3.05) is 0 Å². The van der Waals surface area contributed by atoms with Crippen LogP contribution in [0.4, 0.5) is 0 Å². The SMILES string of the molecule is Cc1[nH]c2ccccc2c1CC(=O)OC(C(=O)O)c1ccccc1. The van der Waals surface area contributed by atoms with Gasteiger partial charge in [0.25, 0.3) is 0 Å². The van der Waals surface area contributed by atoms with Gasteiger partial charge in [-0.25, -0.2) is 4.79 Å². The minimum atomic E-state index is -1.30. The Morgan fingerprint density at radius 1 is 1.08 bits per heavy atom. The first-order valence-electron chi connectivity index (χ1n) is 7.59. The zero-order valence-electron chi connectivity index (χ0n) is 13.2. The van der Waals surface area contributed by atoms with Gasteiger partial charge in [0.15, 0.2) is 0 Å². The summed E-state index contributed by atoms with van der Waals surface area (Å²) in [5.74, 6) is -1.76. The standard InChI is InChI=1S/C19H17NO4/c1-12-15(14-9-5-6-10-16(14)20-12)11-17(21)24-18(19(22)23)13-7-3-2-4-8-13/h2-10,18,20H,11H2,1H3,(H,22,23). The molecule has 2 aromatic carbocycles. The number of carboxylic acids is 1. The van der Waals surface area contributed by atoms with Crippen LogP contribution < -0.4 is 0 Å². The van der Waals surface area contributed by atoms with Gasteiger partial charge in [-0.3, -0.25) is 4.79 Å². The van der Waals surface area contributed by atoms with Crippen LogP contribution in [-0.2, 0) is 20.7 Å². The van der Waals surface area contributed by atoms with Gasteiger partial charge in [0, 0.05) is 22.2 Å². The maximum Gasteiger partial charge on any atom is 0.349 e. The Morgan fingerprint density at radius 3 is 2.46 bits per heavy atom. The molecule has 1 aromatic heterocycles. The van der Waals surface area contributed by atoms with Crippen LogP contribution in [0.25, 0.3) is 10.9 Å². The summed E-state index contributed by atoms with van der Waals surface area (Å²) in [4.78, 5) is 26.9. The average molecular weight is 323 g/mol. The molecular formula is C19H17NO4. The maximum atomic E-state index is 12.3. The van der Waals surface area contributed by atoms with Gasteiger partial charge in [0.1, 0.15) is 0 Å². The summed E-state index contributed by atoms with van der Waals surface area (Å²) >= 11 is 0. The predicted molar refractivity (Wildman–Crippen MR) is 89.7 cm³/mol. The second-order valence-corrected chi connectivity index (χ2v) is 5.57. The van der Waals surface area contributed by atoms with E-state index in [0.29, 0.717) is 5.56 Å². The van der Waals surface area contributed by atoms with Crippen molar-refractivity contribution in [1.29, 1.82) is 0 Å². The number of carboxylic acid groups (broad SMARTS) is 1. The topological polar surface area (TPSA) is 79.4 Å². The number of aromatic amines is 1. The third-order valence-electron chi connectivity index (χ3n) is 3.92. The van der Waals surface area contributed by atoms with Crippen molar-refractivity contribution in [1.82, 2.24) is 4.98 Å². The van der Waals surface area contributed by atoms with Crippen LogP contribution in [0.1, 0.15) is 22.9 Å². The number of hydrogen-bond donors (Lipinski definition) is 2. The smallest absolute Gasteiger partial charge is 0.349 e. The summed E-state index contributed by atoms with van der Waals surface area (Å²) in [6.45, 7) is 1.88. The van der Waals surface area contributed by atoms with Gasteiger partial charge < -0.3 is 14.8 Å². The first-order chi connectivity index (χ1) is 11.6. The van der Waals surface area contributed by atoms with Gasteiger partial charge in [-0.15, -0.1) is 0 Å². The van der Waals surface area contributed by atoms with Crippen LogP contribution in [0.5, 0.6) is 0 Å². The molecule has 0 saturated heterocycles. The van der Waals surface area contributed by atoms with Crippen molar-refractivity contribution < 1.29 is 19.4 Å². The number of rotatable bonds is 5. The first kappa shape index (κ1) is 15.8. The number of hydrogen-bond acceptors (Lipinski definition) is 3. The number of aryl methyl sites for hydroxylation is 1. The van der Waals surface area contributed by atoms with Crippen LogP contribution >= 0.6 is 0 Å². The Kier molecular flexibility index (Phi) is 4.33. The number of benzene rings is 2. The Morgan fingerprint density at radius 2 is 1.75 bits per heavy atom. The molecule has 0 aliphatic heterocycles. The molecule has 0 saturated carbocycles. The lowest BCUT2D eigenvalue weighted by Crippen LogP contribution is -2.20. The van der Waals surface area contributed by atoms with Crippen LogP contribution in [0.15, 0.2) is 54.6 Å². The number of H-pyrrole nitrogens is 1. The fourth-order valence-electron chi connectivity index (χ4n) is 2.77. The molecule has 0 spiro atoms. The van der Waals surface area contributed by atoms with Crippen molar-refractivity contribution in [2.24, 2.45) is 0 Å². The Hall–Kier alpha value is -3.08. The van der Waals surface area contributed by atoms with E-state index in [0.717, 1.165) is 22.2 Å². The quantitative estimate of drug-likeness (QED) is 0.705. The summed E-state index contributed by atoms with van der Waals surface area (Å²) in [5, 5.41) is 10.3. The first-order valence-corrected chi connectivity index (χ1v) is 7.59. The Balaban J connectivity index is 1.81. The summed E-state index contributed by atoms with van der Waals surface area (Å²) < 4.78 is 5.22. The van der Waals surface area contributed by atoms with E-state index in [9.17, 15) is 14.7 Å². The number of nitrogens with one attached hydrogen (secondary N) is 1. The molecule has 3 rings (SSSR count). The van der Waals surface area contributed by atoms with Gasteiger partial charge in [0.2, 0.25) is 6.10 Å². The lowest BCUT2D eigenvalue weighted by Gasteiger charge is -2.14. The van der Waals surface area contributed by atoms with Crippen LogP contribution in [0.3, 0.4) is 0 Å². The molecular weight excluding hydrogens is 306 g/mol. The lowest BCUT2D eigenvalue weighted by atomic mass is 10.1.